The van der Waals surface area contributed by atoms with E-state index in [2.05, 4.69) is 5.32 Å². The molecule has 0 atom stereocenters. The Morgan fingerprint density at radius 3 is 2.42 bits per heavy atom. The van der Waals surface area contributed by atoms with Crippen LogP contribution in [0, 0.1) is 6.92 Å². The van der Waals surface area contributed by atoms with Crippen LogP contribution in [0.3, 0.4) is 0 Å². The predicted octanol–water partition coefficient (Wildman–Crippen LogP) is 4.00. The minimum atomic E-state index is -3.73. The average Bonchev–Trinajstić information content (AvgIpc) is 2.62. The molecule has 0 heterocycles. The van der Waals surface area contributed by atoms with Gasteiger partial charge in [0.1, 0.15) is 0 Å². The molecule has 0 aliphatic rings. The number of hydrogen-bond acceptors (Lipinski definition) is 3. The standard InChI is InChI=1S/C19H23ClN2O3S/c1-4-5-12-21-19(23)17-13-15(8-11-18(17)20)22(3)26(24,25)16-9-6-14(2)7-10-16/h6-11,13H,4-5,12H2,1-3H3,(H,21,23). The largest absolute Gasteiger partial charge is 0.352 e. The van der Waals surface area contributed by atoms with E-state index in [4.69, 9.17) is 11.6 Å². The van der Waals surface area contributed by atoms with Gasteiger partial charge in [0.25, 0.3) is 15.9 Å². The fourth-order valence-corrected chi connectivity index (χ4v) is 3.75. The lowest BCUT2D eigenvalue weighted by Crippen LogP contribution is -2.28. The van der Waals surface area contributed by atoms with Gasteiger partial charge in [0, 0.05) is 13.6 Å². The number of hydrogen-bond donors (Lipinski definition) is 1. The number of nitrogens with zero attached hydrogens (tertiary/aromatic N) is 1. The van der Waals surface area contributed by atoms with Gasteiger partial charge >= 0.3 is 0 Å². The highest BCUT2D eigenvalue weighted by Crippen LogP contribution is 2.27. The maximum absolute atomic E-state index is 12.8. The maximum Gasteiger partial charge on any atom is 0.264 e. The lowest BCUT2D eigenvalue weighted by molar-refractivity contribution is 0.0953. The molecule has 0 saturated heterocycles. The van der Waals surface area contributed by atoms with Crippen molar-refractivity contribution in [1.82, 2.24) is 5.32 Å². The molecule has 2 aromatic rings. The molecule has 0 aliphatic heterocycles. The predicted molar refractivity (Wildman–Crippen MR) is 105 cm³/mol. The summed E-state index contributed by atoms with van der Waals surface area (Å²) in [4.78, 5) is 12.5. The van der Waals surface area contributed by atoms with Crippen molar-refractivity contribution in [1.29, 1.82) is 0 Å². The second-order valence-electron chi connectivity index (χ2n) is 6.06. The second kappa shape index (κ2) is 8.56. The molecule has 2 rings (SSSR count). The molecule has 7 heteroatoms. The Morgan fingerprint density at radius 2 is 1.81 bits per heavy atom. The summed E-state index contributed by atoms with van der Waals surface area (Å²) >= 11 is 6.13. The van der Waals surface area contributed by atoms with E-state index < -0.39 is 10.0 Å². The first-order valence-corrected chi connectivity index (χ1v) is 10.2. The smallest absolute Gasteiger partial charge is 0.264 e. The highest BCUT2D eigenvalue weighted by atomic mass is 35.5. The van der Waals surface area contributed by atoms with Crippen molar-refractivity contribution in [3.63, 3.8) is 0 Å². The molecule has 0 radical (unpaired) electrons. The molecule has 5 nitrogen and oxygen atoms in total. The van der Waals surface area contributed by atoms with E-state index in [1.807, 2.05) is 13.8 Å². The molecule has 0 aromatic heterocycles. The third-order valence-electron chi connectivity index (χ3n) is 4.05. The Labute approximate surface area is 160 Å². The lowest BCUT2D eigenvalue weighted by Gasteiger charge is -2.20. The number of amides is 1. The van der Waals surface area contributed by atoms with Crippen LogP contribution in [0.2, 0.25) is 5.02 Å². The normalized spacial score (nSPS) is 11.2. The van der Waals surface area contributed by atoms with Crippen LogP contribution < -0.4 is 9.62 Å². The first kappa shape index (κ1) is 20.3. The van der Waals surface area contributed by atoms with Crippen molar-refractivity contribution in [2.75, 3.05) is 17.9 Å². The quantitative estimate of drug-likeness (QED) is 0.721. The number of carbonyl (C=O) groups excluding carboxylic acids is 1. The minimum absolute atomic E-state index is 0.189. The molecule has 0 bridgehead atoms. The molecule has 0 saturated carbocycles. The van der Waals surface area contributed by atoms with Crippen LogP contribution in [-0.2, 0) is 10.0 Å². The molecule has 0 unspecified atom stereocenters. The van der Waals surface area contributed by atoms with Gasteiger partial charge in [0.15, 0.2) is 0 Å². The van der Waals surface area contributed by atoms with Crippen LogP contribution in [0.5, 0.6) is 0 Å². The van der Waals surface area contributed by atoms with Crippen LogP contribution >= 0.6 is 11.6 Å². The summed E-state index contributed by atoms with van der Waals surface area (Å²) in [6.07, 6.45) is 1.83. The van der Waals surface area contributed by atoms with Crippen molar-refractivity contribution in [3.05, 3.63) is 58.6 Å². The van der Waals surface area contributed by atoms with E-state index >= 15 is 0 Å². The zero-order valence-electron chi connectivity index (χ0n) is 15.1. The van der Waals surface area contributed by atoms with Gasteiger partial charge in [-0.15, -0.1) is 0 Å². The fourth-order valence-electron chi connectivity index (χ4n) is 2.36. The summed E-state index contributed by atoms with van der Waals surface area (Å²) in [5, 5.41) is 3.07. The molecule has 1 amide bonds. The number of sulfonamides is 1. The first-order valence-electron chi connectivity index (χ1n) is 8.40. The number of aryl methyl sites for hydroxylation is 1. The number of carbonyl (C=O) groups is 1. The van der Waals surface area contributed by atoms with Crippen LogP contribution in [-0.4, -0.2) is 27.9 Å². The Kier molecular flexibility index (Phi) is 6.67. The molecular formula is C19H23ClN2O3S. The third kappa shape index (κ3) is 4.56. The van der Waals surface area contributed by atoms with E-state index in [1.54, 1.807) is 30.3 Å². The van der Waals surface area contributed by atoms with Crippen LogP contribution in [0.1, 0.15) is 35.7 Å². The Hall–Kier alpha value is -2.05. The van der Waals surface area contributed by atoms with Gasteiger partial charge in [0.2, 0.25) is 0 Å². The fraction of sp³-hybridized carbons (Fsp3) is 0.316. The van der Waals surface area contributed by atoms with Gasteiger partial charge in [-0.1, -0.05) is 42.6 Å². The van der Waals surface area contributed by atoms with Gasteiger partial charge < -0.3 is 5.32 Å². The van der Waals surface area contributed by atoms with Gasteiger partial charge in [-0.25, -0.2) is 8.42 Å². The molecule has 26 heavy (non-hydrogen) atoms. The molecule has 1 N–H and O–H groups in total. The highest BCUT2D eigenvalue weighted by Gasteiger charge is 2.22. The van der Waals surface area contributed by atoms with Gasteiger partial charge in [0.05, 0.1) is 21.2 Å². The van der Waals surface area contributed by atoms with Crippen LogP contribution in [0.4, 0.5) is 5.69 Å². The van der Waals surface area contributed by atoms with Crippen LogP contribution in [0.25, 0.3) is 0 Å². The zero-order valence-corrected chi connectivity index (χ0v) is 16.7. The molecule has 0 spiro atoms. The van der Waals surface area contributed by atoms with Crippen molar-refractivity contribution in [3.8, 4) is 0 Å². The van der Waals surface area contributed by atoms with Crippen molar-refractivity contribution in [2.45, 2.75) is 31.6 Å². The van der Waals surface area contributed by atoms with Crippen molar-refractivity contribution < 1.29 is 13.2 Å². The first-order chi connectivity index (χ1) is 12.3. The van der Waals surface area contributed by atoms with Crippen LogP contribution in [0.15, 0.2) is 47.4 Å². The molecule has 140 valence electrons. The minimum Gasteiger partial charge on any atom is -0.352 e. The Bertz CT molecular complexity index is 880. The highest BCUT2D eigenvalue weighted by molar-refractivity contribution is 7.92. The maximum atomic E-state index is 12.8. The van der Waals surface area contributed by atoms with Gasteiger partial charge in [-0.2, -0.15) is 0 Å². The average molecular weight is 395 g/mol. The summed E-state index contributed by atoms with van der Waals surface area (Å²) < 4.78 is 26.8. The molecular weight excluding hydrogens is 372 g/mol. The number of unbranched alkanes of at least 4 members (excludes halogenated alkanes) is 1. The number of rotatable bonds is 7. The third-order valence-corrected chi connectivity index (χ3v) is 6.18. The monoisotopic (exact) mass is 394 g/mol. The topological polar surface area (TPSA) is 66.5 Å². The second-order valence-corrected chi connectivity index (χ2v) is 8.44. The number of halogens is 1. The van der Waals surface area contributed by atoms with Crippen molar-refractivity contribution >= 4 is 33.2 Å². The number of nitrogens with one attached hydrogen (secondary N) is 1. The zero-order chi connectivity index (χ0) is 19.3. The summed E-state index contributed by atoms with van der Waals surface area (Å²) in [5.41, 5.74) is 1.60. The number of anilines is 1. The number of benzene rings is 2. The Balaban J connectivity index is 2.31. The molecule has 2 aromatic carbocycles. The van der Waals surface area contributed by atoms with Gasteiger partial charge in [-0.05, 0) is 43.7 Å². The van der Waals surface area contributed by atoms with E-state index in [9.17, 15) is 13.2 Å². The van der Waals surface area contributed by atoms with E-state index in [1.165, 1.54) is 19.2 Å². The molecule has 0 aliphatic carbocycles. The summed E-state index contributed by atoms with van der Waals surface area (Å²) in [7, 11) is -2.27. The van der Waals surface area contributed by atoms with E-state index in [-0.39, 0.29) is 21.4 Å². The SMILES string of the molecule is CCCCNC(=O)c1cc(N(C)S(=O)(=O)c2ccc(C)cc2)ccc1Cl. The van der Waals surface area contributed by atoms with Gasteiger partial charge in [-0.3, -0.25) is 9.10 Å². The van der Waals surface area contributed by atoms with Crippen molar-refractivity contribution in [2.24, 2.45) is 0 Å². The van der Waals surface area contributed by atoms with E-state index in [0.717, 1.165) is 22.7 Å². The van der Waals surface area contributed by atoms with E-state index in [0.29, 0.717) is 12.2 Å². The lowest BCUT2D eigenvalue weighted by atomic mass is 10.2. The summed E-state index contributed by atoms with van der Waals surface area (Å²) in [5.74, 6) is -0.313. The summed E-state index contributed by atoms with van der Waals surface area (Å²) in [6, 6.07) is 11.2. The Morgan fingerprint density at radius 1 is 1.15 bits per heavy atom. The molecule has 0 fully saturated rings. The summed E-state index contributed by atoms with van der Waals surface area (Å²) in [6.45, 7) is 4.47.